The number of nitrogens with two attached hydrogens (primary N) is 1. The Morgan fingerprint density at radius 2 is 2.22 bits per heavy atom. The first-order valence-corrected chi connectivity index (χ1v) is 6.76. The van der Waals surface area contributed by atoms with E-state index in [1.54, 1.807) is 0 Å². The van der Waals surface area contributed by atoms with Crippen molar-refractivity contribution in [3.63, 3.8) is 0 Å². The molecule has 0 saturated heterocycles. The van der Waals surface area contributed by atoms with Gasteiger partial charge in [0.2, 0.25) is 0 Å². The number of hydrogen-bond donors (Lipinski definition) is 2. The van der Waals surface area contributed by atoms with Crippen molar-refractivity contribution in [3.05, 3.63) is 29.3 Å². The molecule has 3 N–H and O–H groups in total. The van der Waals surface area contributed by atoms with Crippen LogP contribution in [0.5, 0.6) is 5.75 Å². The number of rotatable bonds is 5. The van der Waals surface area contributed by atoms with Gasteiger partial charge in [0.05, 0.1) is 6.61 Å². The van der Waals surface area contributed by atoms with E-state index in [1.165, 1.54) is 11.1 Å². The van der Waals surface area contributed by atoms with E-state index in [-0.39, 0.29) is 5.41 Å². The highest BCUT2D eigenvalue weighted by atomic mass is 16.5. The van der Waals surface area contributed by atoms with E-state index in [9.17, 15) is 0 Å². The summed E-state index contributed by atoms with van der Waals surface area (Å²) in [5.74, 6) is 1.06. The number of hydrogen-bond acceptors (Lipinski definition) is 3. The summed E-state index contributed by atoms with van der Waals surface area (Å²) >= 11 is 0. The second-order valence-electron chi connectivity index (χ2n) is 5.87. The minimum absolute atomic E-state index is 0.164. The van der Waals surface area contributed by atoms with Crippen LogP contribution in [0.3, 0.4) is 0 Å². The molecule has 0 atom stereocenters. The van der Waals surface area contributed by atoms with Crippen molar-refractivity contribution in [2.45, 2.75) is 33.2 Å². The molecule has 0 aromatic heterocycles. The summed E-state index contributed by atoms with van der Waals surface area (Å²) in [5, 5.41) is 3.48. The third kappa shape index (κ3) is 3.47. The molecule has 0 radical (unpaired) electrons. The summed E-state index contributed by atoms with van der Waals surface area (Å²) in [4.78, 5) is 0. The third-order valence-corrected chi connectivity index (χ3v) is 3.46. The van der Waals surface area contributed by atoms with Crippen LogP contribution in [0.2, 0.25) is 0 Å². The highest BCUT2D eigenvalue weighted by Crippen LogP contribution is 2.25. The van der Waals surface area contributed by atoms with Gasteiger partial charge in [-0.2, -0.15) is 0 Å². The second kappa shape index (κ2) is 5.72. The van der Waals surface area contributed by atoms with Gasteiger partial charge in [0.1, 0.15) is 5.75 Å². The number of fused-ring (bicyclic) bond motifs is 1. The van der Waals surface area contributed by atoms with E-state index in [0.717, 1.165) is 38.3 Å². The quantitative estimate of drug-likeness (QED) is 0.839. The fourth-order valence-corrected chi connectivity index (χ4v) is 2.14. The SMILES string of the molecule is CC(C)(CN)CNCc1ccc2c(c1)CCCO2. The van der Waals surface area contributed by atoms with Crippen LogP contribution in [-0.4, -0.2) is 19.7 Å². The molecule has 0 saturated carbocycles. The molecule has 100 valence electrons. The zero-order valence-electron chi connectivity index (χ0n) is 11.5. The Morgan fingerprint density at radius 3 is 3.00 bits per heavy atom. The molecule has 0 fully saturated rings. The molecule has 1 aromatic rings. The van der Waals surface area contributed by atoms with Gasteiger partial charge in [0, 0.05) is 13.1 Å². The predicted molar refractivity (Wildman–Crippen MR) is 74.8 cm³/mol. The molecular formula is C15H24N2O. The van der Waals surface area contributed by atoms with Gasteiger partial charge in [0.15, 0.2) is 0 Å². The van der Waals surface area contributed by atoms with E-state index >= 15 is 0 Å². The Hall–Kier alpha value is -1.06. The van der Waals surface area contributed by atoms with Crippen LogP contribution >= 0.6 is 0 Å². The molecule has 0 aliphatic carbocycles. The van der Waals surface area contributed by atoms with Gasteiger partial charge in [-0.25, -0.2) is 0 Å². The van der Waals surface area contributed by atoms with Crippen molar-refractivity contribution >= 4 is 0 Å². The Balaban J connectivity index is 1.90. The minimum Gasteiger partial charge on any atom is -0.493 e. The number of ether oxygens (including phenoxy) is 1. The molecule has 0 unspecified atom stereocenters. The second-order valence-corrected chi connectivity index (χ2v) is 5.87. The Morgan fingerprint density at radius 1 is 1.39 bits per heavy atom. The molecule has 1 aliphatic rings. The van der Waals surface area contributed by atoms with Gasteiger partial charge in [-0.3, -0.25) is 0 Å². The molecule has 0 amide bonds. The van der Waals surface area contributed by atoms with Gasteiger partial charge in [0.25, 0.3) is 0 Å². The topological polar surface area (TPSA) is 47.3 Å². The average Bonchev–Trinajstić information content (AvgIpc) is 2.38. The number of benzene rings is 1. The molecule has 18 heavy (non-hydrogen) atoms. The maximum Gasteiger partial charge on any atom is 0.122 e. The van der Waals surface area contributed by atoms with Crippen molar-refractivity contribution in [1.29, 1.82) is 0 Å². The summed E-state index contributed by atoms with van der Waals surface area (Å²) < 4.78 is 5.62. The Bertz CT molecular complexity index is 401. The van der Waals surface area contributed by atoms with Crippen LogP contribution in [0.15, 0.2) is 18.2 Å². The smallest absolute Gasteiger partial charge is 0.122 e. The largest absolute Gasteiger partial charge is 0.493 e. The van der Waals surface area contributed by atoms with E-state index < -0.39 is 0 Å². The first kappa shape index (κ1) is 13.4. The molecular weight excluding hydrogens is 224 g/mol. The van der Waals surface area contributed by atoms with Crippen LogP contribution in [0.1, 0.15) is 31.4 Å². The van der Waals surface area contributed by atoms with E-state index in [4.69, 9.17) is 10.5 Å². The highest BCUT2D eigenvalue weighted by Gasteiger charge is 2.15. The first-order chi connectivity index (χ1) is 8.61. The average molecular weight is 248 g/mol. The van der Waals surface area contributed by atoms with Crippen LogP contribution < -0.4 is 15.8 Å². The minimum atomic E-state index is 0.164. The Labute approximate surface area is 110 Å². The van der Waals surface area contributed by atoms with Crippen LogP contribution in [0, 0.1) is 5.41 Å². The lowest BCUT2D eigenvalue weighted by Crippen LogP contribution is -2.35. The van der Waals surface area contributed by atoms with Crippen molar-refractivity contribution in [3.8, 4) is 5.75 Å². The lowest BCUT2D eigenvalue weighted by molar-refractivity contribution is 0.288. The van der Waals surface area contributed by atoms with Crippen LogP contribution in [-0.2, 0) is 13.0 Å². The summed E-state index contributed by atoms with van der Waals surface area (Å²) in [5.41, 5.74) is 8.56. The van der Waals surface area contributed by atoms with Crippen molar-refractivity contribution in [1.82, 2.24) is 5.32 Å². The molecule has 1 aromatic carbocycles. The molecule has 0 spiro atoms. The monoisotopic (exact) mass is 248 g/mol. The maximum absolute atomic E-state index is 5.72. The first-order valence-electron chi connectivity index (χ1n) is 6.76. The van der Waals surface area contributed by atoms with Crippen molar-refractivity contribution in [2.24, 2.45) is 11.1 Å². The zero-order chi connectivity index (χ0) is 13.0. The standard InChI is InChI=1S/C15H24N2O/c1-15(2,10-16)11-17-9-12-5-6-14-13(8-12)4-3-7-18-14/h5-6,8,17H,3-4,7,9-11,16H2,1-2H3. The predicted octanol–water partition coefficient (Wildman–Crippen LogP) is 2.09. The summed E-state index contributed by atoms with van der Waals surface area (Å²) in [6, 6.07) is 6.50. The van der Waals surface area contributed by atoms with Crippen molar-refractivity contribution in [2.75, 3.05) is 19.7 Å². The number of aryl methyl sites for hydroxylation is 1. The van der Waals surface area contributed by atoms with Gasteiger partial charge in [-0.05, 0) is 42.0 Å². The summed E-state index contributed by atoms with van der Waals surface area (Å²) in [7, 11) is 0. The van der Waals surface area contributed by atoms with E-state index in [2.05, 4.69) is 37.4 Å². The van der Waals surface area contributed by atoms with Gasteiger partial charge in [-0.15, -0.1) is 0 Å². The fraction of sp³-hybridized carbons (Fsp3) is 0.600. The van der Waals surface area contributed by atoms with E-state index in [1.807, 2.05) is 0 Å². The van der Waals surface area contributed by atoms with Crippen LogP contribution in [0.25, 0.3) is 0 Å². The molecule has 3 nitrogen and oxygen atoms in total. The van der Waals surface area contributed by atoms with Gasteiger partial charge < -0.3 is 15.8 Å². The highest BCUT2D eigenvalue weighted by molar-refractivity contribution is 5.38. The molecule has 2 rings (SSSR count). The molecule has 0 bridgehead atoms. The number of nitrogens with one attached hydrogen (secondary N) is 1. The maximum atomic E-state index is 5.72. The third-order valence-electron chi connectivity index (χ3n) is 3.46. The lowest BCUT2D eigenvalue weighted by atomic mass is 9.94. The molecule has 1 heterocycles. The van der Waals surface area contributed by atoms with E-state index in [0.29, 0.717) is 6.54 Å². The molecule has 1 aliphatic heterocycles. The van der Waals surface area contributed by atoms with Crippen LogP contribution in [0.4, 0.5) is 0 Å². The molecule has 3 heteroatoms. The normalized spacial score (nSPS) is 15.1. The van der Waals surface area contributed by atoms with Gasteiger partial charge in [-0.1, -0.05) is 26.0 Å². The Kier molecular flexibility index (Phi) is 4.25. The fourth-order valence-electron chi connectivity index (χ4n) is 2.14. The van der Waals surface area contributed by atoms with Crippen molar-refractivity contribution < 1.29 is 4.74 Å². The zero-order valence-corrected chi connectivity index (χ0v) is 11.5. The summed E-state index contributed by atoms with van der Waals surface area (Å²) in [6.45, 7) is 7.77. The summed E-state index contributed by atoms with van der Waals surface area (Å²) in [6.07, 6.45) is 2.27. The lowest BCUT2D eigenvalue weighted by Gasteiger charge is -2.23. The van der Waals surface area contributed by atoms with Gasteiger partial charge >= 0.3 is 0 Å².